The number of hydrogen-bond donors (Lipinski definition) is 2. The monoisotopic (exact) mass is 330 g/mol. The molecule has 6 nitrogen and oxygen atoms in total. The zero-order valence-electron chi connectivity index (χ0n) is 13.7. The minimum atomic E-state index is -0.323. The molecule has 1 aliphatic rings. The molecule has 0 spiro atoms. The van der Waals surface area contributed by atoms with Gasteiger partial charge in [0.25, 0.3) is 5.91 Å². The maximum atomic E-state index is 12.2. The van der Waals surface area contributed by atoms with Crippen LogP contribution in [0, 0.1) is 6.92 Å². The van der Waals surface area contributed by atoms with Crippen LogP contribution in [0.5, 0.6) is 0 Å². The van der Waals surface area contributed by atoms with Crippen molar-refractivity contribution in [2.45, 2.75) is 31.8 Å². The highest BCUT2D eigenvalue weighted by molar-refractivity contribution is 5.92. The Hall–Kier alpha value is -2.18. The molecular weight excluding hydrogens is 308 g/mol. The molecule has 0 radical (unpaired) electrons. The number of benzene rings is 1. The smallest absolute Gasteiger partial charge is 0.273 e. The molecule has 6 heteroatoms. The highest BCUT2D eigenvalue weighted by atomic mass is 16.5. The van der Waals surface area contributed by atoms with Crippen LogP contribution < -0.4 is 5.32 Å². The fraction of sp³-hybridized carbons (Fsp3) is 0.444. The minimum absolute atomic E-state index is 0.0651. The van der Waals surface area contributed by atoms with E-state index in [0.717, 1.165) is 29.7 Å². The predicted molar refractivity (Wildman–Crippen MR) is 87.8 cm³/mol. The lowest BCUT2D eigenvalue weighted by Gasteiger charge is -2.18. The zero-order valence-corrected chi connectivity index (χ0v) is 13.7. The SMILES string of the molecule is Cc1ccc([C@H](CNC(=O)c2cc(C3CC3)on2)OCCO)cc1. The standard InChI is InChI=1S/C18H22N2O4/c1-12-2-4-14(5-3-12)17(23-9-8-21)11-19-18(22)15-10-16(24-20-15)13-6-7-13/h2-5,10,13,17,21H,6-9,11H2,1H3,(H,19,22)/t17-/m0/s1. The van der Waals surface area contributed by atoms with Gasteiger partial charge in [-0.1, -0.05) is 35.0 Å². The van der Waals surface area contributed by atoms with Gasteiger partial charge in [-0.05, 0) is 25.3 Å². The highest BCUT2D eigenvalue weighted by Gasteiger charge is 2.29. The number of nitrogens with one attached hydrogen (secondary N) is 1. The molecule has 2 aromatic rings. The molecule has 2 N–H and O–H groups in total. The number of amides is 1. The van der Waals surface area contributed by atoms with Gasteiger partial charge in [0.15, 0.2) is 5.69 Å². The van der Waals surface area contributed by atoms with E-state index in [2.05, 4.69) is 10.5 Å². The summed E-state index contributed by atoms with van der Waals surface area (Å²) in [4.78, 5) is 12.2. The average molecular weight is 330 g/mol. The van der Waals surface area contributed by atoms with Gasteiger partial charge in [-0.15, -0.1) is 0 Å². The molecule has 1 heterocycles. The van der Waals surface area contributed by atoms with Gasteiger partial charge in [0.2, 0.25) is 0 Å². The van der Waals surface area contributed by atoms with Gasteiger partial charge in [-0.2, -0.15) is 0 Å². The van der Waals surface area contributed by atoms with Crippen LogP contribution in [0.25, 0.3) is 0 Å². The number of rotatable bonds is 8. The maximum absolute atomic E-state index is 12.2. The summed E-state index contributed by atoms with van der Waals surface area (Å²) >= 11 is 0. The second-order valence-electron chi connectivity index (χ2n) is 6.09. The van der Waals surface area contributed by atoms with Crippen LogP contribution in [0.1, 0.15) is 52.2 Å². The fourth-order valence-electron chi connectivity index (χ4n) is 2.48. The van der Waals surface area contributed by atoms with E-state index in [9.17, 15) is 4.79 Å². The maximum Gasteiger partial charge on any atom is 0.273 e. The lowest BCUT2D eigenvalue weighted by atomic mass is 10.1. The van der Waals surface area contributed by atoms with E-state index in [1.807, 2.05) is 31.2 Å². The van der Waals surface area contributed by atoms with Crippen LogP contribution in [-0.2, 0) is 4.74 Å². The fourth-order valence-corrected chi connectivity index (χ4v) is 2.48. The van der Waals surface area contributed by atoms with Gasteiger partial charge in [-0.25, -0.2) is 0 Å². The van der Waals surface area contributed by atoms with E-state index in [-0.39, 0.29) is 25.2 Å². The first-order valence-electron chi connectivity index (χ1n) is 8.21. The van der Waals surface area contributed by atoms with Crippen molar-refractivity contribution in [3.63, 3.8) is 0 Å². The number of carbonyl (C=O) groups excluding carboxylic acids is 1. The molecule has 0 bridgehead atoms. The van der Waals surface area contributed by atoms with E-state index in [1.165, 1.54) is 0 Å². The highest BCUT2D eigenvalue weighted by Crippen LogP contribution is 2.40. The Bertz CT molecular complexity index is 677. The third-order valence-electron chi connectivity index (χ3n) is 4.05. The van der Waals surface area contributed by atoms with Gasteiger partial charge >= 0.3 is 0 Å². The Kier molecular flexibility index (Phi) is 5.27. The quantitative estimate of drug-likeness (QED) is 0.776. The predicted octanol–water partition coefficient (Wildman–Crippen LogP) is 2.34. The molecule has 1 aliphatic carbocycles. The Morgan fingerprint density at radius 1 is 1.42 bits per heavy atom. The lowest BCUT2D eigenvalue weighted by molar-refractivity contribution is 0.0276. The van der Waals surface area contributed by atoms with Crippen LogP contribution in [0.15, 0.2) is 34.9 Å². The number of hydrogen-bond acceptors (Lipinski definition) is 5. The van der Waals surface area contributed by atoms with E-state index in [0.29, 0.717) is 18.2 Å². The summed E-state index contributed by atoms with van der Waals surface area (Å²) in [6, 6.07) is 9.62. The molecule has 1 aromatic carbocycles. The normalized spacial score (nSPS) is 15.2. The van der Waals surface area contributed by atoms with Crippen LogP contribution in [0.3, 0.4) is 0 Å². The molecule has 24 heavy (non-hydrogen) atoms. The topological polar surface area (TPSA) is 84.6 Å². The van der Waals surface area contributed by atoms with Crippen molar-refractivity contribution in [2.75, 3.05) is 19.8 Å². The number of aromatic nitrogens is 1. The summed E-state index contributed by atoms with van der Waals surface area (Å²) in [7, 11) is 0. The summed E-state index contributed by atoms with van der Waals surface area (Å²) in [5.74, 6) is 0.925. The van der Waals surface area contributed by atoms with E-state index in [4.69, 9.17) is 14.4 Å². The van der Waals surface area contributed by atoms with Gasteiger partial charge in [0.1, 0.15) is 5.76 Å². The van der Waals surface area contributed by atoms with Crippen LogP contribution in [0.2, 0.25) is 0 Å². The van der Waals surface area contributed by atoms with Crippen molar-refractivity contribution in [1.82, 2.24) is 10.5 Å². The van der Waals surface area contributed by atoms with Crippen molar-refractivity contribution in [3.8, 4) is 0 Å². The first-order valence-corrected chi connectivity index (χ1v) is 8.21. The van der Waals surface area contributed by atoms with Crippen molar-refractivity contribution in [1.29, 1.82) is 0 Å². The molecule has 1 atom stereocenters. The molecule has 1 aromatic heterocycles. The molecule has 3 rings (SSSR count). The van der Waals surface area contributed by atoms with Gasteiger partial charge < -0.3 is 19.7 Å². The van der Waals surface area contributed by atoms with E-state index in [1.54, 1.807) is 6.07 Å². The van der Waals surface area contributed by atoms with E-state index >= 15 is 0 Å². The first-order chi connectivity index (χ1) is 11.7. The lowest BCUT2D eigenvalue weighted by Crippen LogP contribution is -2.30. The molecule has 0 saturated heterocycles. The summed E-state index contributed by atoms with van der Waals surface area (Å²) < 4.78 is 10.9. The Morgan fingerprint density at radius 3 is 2.83 bits per heavy atom. The first kappa shape index (κ1) is 16.7. The Balaban J connectivity index is 1.61. The number of aryl methyl sites for hydroxylation is 1. The number of nitrogens with zero attached hydrogens (tertiary/aromatic N) is 1. The van der Waals surface area contributed by atoms with Crippen molar-refractivity contribution in [3.05, 3.63) is 52.9 Å². The molecule has 0 unspecified atom stereocenters. The van der Waals surface area contributed by atoms with Gasteiger partial charge in [0.05, 0.1) is 19.3 Å². The third kappa shape index (κ3) is 4.21. The van der Waals surface area contributed by atoms with Gasteiger partial charge in [-0.3, -0.25) is 4.79 Å². The number of carbonyl (C=O) groups is 1. The Labute approximate surface area is 140 Å². The summed E-state index contributed by atoms with van der Waals surface area (Å²) in [5.41, 5.74) is 2.40. The summed E-state index contributed by atoms with van der Waals surface area (Å²) in [6.07, 6.45) is 1.87. The third-order valence-corrected chi connectivity index (χ3v) is 4.05. The average Bonchev–Trinajstić information content (AvgIpc) is 3.33. The number of ether oxygens (including phenoxy) is 1. The zero-order chi connectivity index (χ0) is 16.9. The van der Waals surface area contributed by atoms with Gasteiger partial charge in [0, 0.05) is 18.5 Å². The van der Waals surface area contributed by atoms with Crippen LogP contribution >= 0.6 is 0 Å². The Morgan fingerprint density at radius 2 is 2.17 bits per heavy atom. The molecule has 0 aliphatic heterocycles. The molecule has 1 saturated carbocycles. The van der Waals surface area contributed by atoms with Crippen molar-refractivity contribution < 1.29 is 19.2 Å². The summed E-state index contributed by atoms with van der Waals surface area (Å²) in [5, 5.41) is 15.6. The summed E-state index contributed by atoms with van der Waals surface area (Å²) in [6.45, 7) is 2.46. The van der Waals surface area contributed by atoms with Crippen LogP contribution in [-0.4, -0.2) is 35.9 Å². The molecule has 1 fully saturated rings. The number of aliphatic hydroxyl groups excluding tert-OH is 1. The van der Waals surface area contributed by atoms with Crippen molar-refractivity contribution >= 4 is 5.91 Å². The second kappa shape index (κ2) is 7.59. The molecular formula is C18H22N2O4. The second-order valence-corrected chi connectivity index (χ2v) is 6.09. The van der Waals surface area contributed by atoms with Crippen LogP contribution in [0.4, 0.5) is 0 Å². The molecule has 128 valence electrons. The largest absolute Gasteiger partial charge is 0.394 e. The van der Waals surface area contributed by atoms with E-state index < -0.39 is 0 Å². The molecule has 1 amide bonds. The number of aliphatic hydroxyl groups is 1. The minimum Gasteiger partial charge on any atom is -0.394 e. The van der Waals surface area contributed by atoms with Crippen molar-refractivity contribution in [2.24, 2.45) is 0 Å².